The van der Waals surface area contributed by atoms with Crippen LogP contribution in [0.15, 0.2) is 24.3 Å². The van der Waals surface area contributed by atoms with E-state index < -0.39 is 5.97 Å². The smallest absolute Gasteiger partial charge is 0.358 e. The van der Waals surface area contributed by atoms with Crippen molar-refractivity contribution in [2.24, 2.45) is 0 Å². The van der Waals surface area contributed by atoms with Gasteiger partial charge in [0.15, 0.2) is 5.69 Å². The molecular weight excluding hydrogens is 278 g/mol. The molecule has 0 radical (unpaired) electrons. The van der Waals surface area contributed by atoms with Gasteiger partial charge in [-0.25, -0.2) is 9.48 Å². The highest BCUT2D eigenvalue weighted by Gasteiger charge is 2.18. The molecular formula is C17H23N3O2. The first-order chi connectivity index (χ1) is 10.6. The lowest BCUT2D eigenvalue weighted by molar-refractivity contribution is 0.0689. The van der Waals surface area contributed by atoms with Crippen molar-refractivity contribution in [2.75, 3.05) is 0 Å². The van der Waals surface area contributed by atoms with Crippen molar-refractivity contribution in [3.05, 3.63) is 46.8 Å². The monoisotopic (exact) mass is 301 g/mol. The Kier molecular flexibility index (Phi) is 5.69. The summed E-state index contributed by atoms with van der Waals surface area (Å²) in [7, 11) is 0. The van der Waals surface area contributed by atoms with E-state index in [-0.39, 0.29) is 5.69 Å². The van der Waals surface area contributed by atoms with Crippen molar-refractivity contribution in [1.29, 1.82) is 0 Å². The Labute approximate surface area is 131 Å². The van der Waals surface area contributed by atoms with E-state index in [1.54, 1.807) is 4.68 Å². The quantitative estimate of drug-likeness (QED) is 0.760. The highest BCUT2D eigenvalue weighted by atomic mass is 16.4. The van der Waals surface area contributed by atoms with Crippen molar-refractivity contribution < 1.29 is 9.90 Å². The Morgan fingerprint density at radius 3 is 2.55 bits per heavy atom. The topological polar surface area (TPSA) is 68.0 Å². The Morgan fingerprint density at radius 1 is 1.18 bits per heavy atom. The summed E-state index contributed by atoms with van der Waals surface area (Å²) in [6.07, 6.45) is 4.67. The van der Waals surface area contributed by atoms with Gasteiger partial charge in [-0.05, 0) is 31.7 Å². The Bertz CT molecular complexity index is 617. The van der Waals surface area contributed by atoms with E-state index in [2.05, 4.69) is 48.4 Å². The number of carboxylic acids is 1. The summed E-state index contributed by atoms with van der Waals surface area (Å²) in [6.45, 7) is 4.93. The minimum atomic E-state index is -0.999. The van der Waals surface area contributed by atoms with Gasteiger partial charge in [-0.3, -0.25) is 0 Å². The van der Waals surface area contributed by atoms with E-state index in [1.165, 1.54) is 11.1 Å². The number of aromatic nitrogens is 3. The van der Waals surface area contributed by atoms with E-state index in [0.717, 1.165) is 37.9 Å². The van der Waals surface area contributed by atoms with Crippen LogP contribution in [0.1, 0.15) is 53.5 Å². The normalized spacial score (nSPS) is 10.8. The molecule has 0 aliphatic carbocycles. The Hall–Kier alpha value is -2.17. The number of rotatable bonds is 8. The third kappa shape index (κ3) is 4.16. The second-order valence-electron chi connectivity index (χ2n) is 5.61. The van der Waals surface area contributed by atoms with Gasteiger partial charge >= 0.3 is 5.97 Å². The minimum Gasteiger partial charge on any atom is -0.476 e. The van der Waals surface area contributed by atoms with Gasteiger partial charge in [0, 0.05) is 6.54 Å². The van der Waals surface area contributed by atoms with Crippen LogP contribution < -0.4 is 0 Å². The second-order valence-corrected chi connectivity index (χ2v) is 5.61. The van der Waals surface area contributed by atoms with Crippen LogP contribution in [0.3, 0.4) is 0 Å². The molecule has 1 N–H and O–H groups in total. The van der Waals surface area contributed by atoms with Gasteiger partial charge < -0.3 is 5.11 Å². The Balaban J connectivity index is 2.10. The fourth-order valence-electron chi connectivity index (χ4n) is 2.46. The summed E-state index contributed by atoms with van der Waals surface area (Å²) in [5.74, 6) is -0.999. The molecule has 118 valence electrons. The molecule has 5 heteroatoms. The fraction of sp³-hybridized carbons (Fsp3) is 0.471. The highest BCUT2D eigenvalue weighted by molar-refractivity contribution is 5.86. The van der Waals surface area contributed by atoms with Crippen LogP contribution in [0.4, 0.5) is 0 Å². The largest absolute Gasteiger partial charge is 0.476 e. The number of unbranched alkanes of at least 4 members (excludes halogenated alkanes) is 2. The fourth-order valence-corrected chi connectivity index (χ4v) is 2.46. The summed E-state index contributed by atoms with van der Waals surface area (Å²) in [6, 6.07) is 8.32. The molecule has 0 spiro atoms. The maximum Gasteiger partial charge on any atom is 0.358 e. The molecule has 0 bridgehead atoms. The summed E-state index contributed by atoms with van der Waals surface area (Å²) < 4.78 is 1.76. The minimum absolute atomic E-state index is 0.0867. The molecule has 0 atom stereocenters. The van der Waals surface area contributed by atoms with Crippen LogP contribution >= 0.6 is 0 Å². The number of benzene rings is 1. The maximum atomic E-state index is 11.3. The van der Waals surface area contributed by atoms with E-state index in [0.29, 0.717) is 6.42 Å². The third-order valence-electron chi connectivity index (χ3n) is 3.78. The molecule has 22 heavy (non-hydrogen) atoms. The second kappa shape index (κ2) is 7.73. The van der Waals surface area contributed by atoms with Crippen LogP contribution in [0.5, 0.6) is 0 Å². The SMILES string of the molecule is CCCCCn1nnc(C(=O)O)c1CCc1ccc(C)cc1. The van der Waals surface area contributed by atoms with Crippen molar-refractivity contribution >= 4 is 5.97 Å². The van der Waals surface area contributed by atoms with E-state index in [9.17, 15) is 9.90 Å². The summed E-state index contributed by atoms with van der Waals surface area (Å²) >= 11 is 0. The molecule has 0 aliphatic rings. The predicted octanol–water partition coefficient (Wildman–Crippen LogP) is 3.26. The molecule has 5 nitrogen and oxygen atoms in total. The predicted molar refractivity (Wildman–Crippen MR) is 85.1 cm³/mol. The van der Waals surface area contributed by atoms with Crippen molar-refractivity contribution in [3.8, 4) is 0 Å². The molecule has 1 aromatic heterocycles. The lowest BCUT2D eigenvalue weighted by Gasteiger charge is -2.07. The number of hydrogen-bond acceptors (Lipinski definition) is 3. The molecule has 0 fully saturated rings. The van der Waals surface area contributed by atoms with Gasteiger partial charge in [-0.15, -0.1) is 5.10 Å². The van der Waals surface area contributed by atoms with Gasteiger partial charge in [0.1, 0.15) is 0 Å². The van der Waals surface area contributed by atoms with Crippen LogP contribution in [-0.2, 0) is 19.4 Å². The third-order valence-corrected chi connectivity index (χ3v) is 3.78. The van der Waals surface area contributed by atoms with Crippen LogP contribution in [0, 0.1) is 6.92 Å². The van der Waals surface area contributed by atoms with Gasteiger partial charge in [-0.2, -0.15) is 0 Å². The summed E-state index contributed by atoms with van der Waals surface area (Å²) in [5.41, 5.74) is 3.23. The maximum absolute atomic E-state index is 11.3. The van der Waals surface area contributed by atoms with Gasteiger partial charge in [0.25, 0.3) is 0 Å². The standard InChI is InChI=1S/C17H23N3O2/c1-3-4-5-12-20-15(16(17(21)22)18-19-20)11-10-14-8-6-13(2)7-9-14/h6-9H,3-5,10-12H2,1-2H3,(H,21,22). The van der Waals surface area contributed by atoms with Crippen LogP contribution in [0.2, 0.25) is 0 Å². The zero-order chi connectivity index (χ0) is 15.9. The molecule has 0 aliphatic heterocycles. The molecule has 0 unspecified atom stereocenters. The van der Waals surface area contributed by atoms with Gasteiger partial charge in [0.2, 0.25) is 0 Å². The first kappa shape index (κ1) is 16.2. The van der Waals surface area contributed by atoms with E-state index in [4.69, 9.17) is 0 Å². The molecule has 1 aromatic carbocycles. The Morgan fingerprint density at radius 2 is 1.91 bits per heavy atom. The van der Waals surface area contributed by atoms with Crippen molar-refractivity contribution in [1.82, 2.24) is 15.0 Å². The number of hydrogen-bond donors (Lipinski definition) is 1. The zero-order valence-electron chi connectivity index (χ0n) is 13.2. The number of aromatic carboxylic acids is 1. The lowest BCUT2D eigenvalue weighted by atomic mass is 10.1. The number of aryl methyl sites for hydroxylation is 3. The molecule has 0 amide bonds. The van der Waals surface area contributed by atoms with E-state index in [1.807, 2.05) is 0 Å². The molecule has 2 aromatic rings. The van der Waals surface area contributed by atoms with Crippen molar-refractivity contribution in [3.63, 3.8) is 0 Å². The van der Waals surface area contributed by atoms with Crippen LogP contribution in [0.25, 0.3) is 0 Å². The first-order valence-corrected chi connectivity index (χ1v) is 7.83. The van der Waals surface area contributed by atoms with Crippen LogP contribution in [-0.4, -0.2) is 26.1 Å². The summed E-state index contributed by atoms with van der Waals surface area (Å²) in [5, 5.41) is 17.1. The number of nitrogens with zero attached hydrogens (tertiary/aromatic N) is 3. The van der Waals surface area contributed by atoms with E-state index >= 15 is 0 Å². The molecule has 0 saturated carbocycles. The number of carbonyl (C=O) groups is 1. The molecule has 1 heterocycles. The average molecular weight is 301 g/mol. The average Bonchev–Trinajstić information content (AvgIpc) is 2.90. The highest BCUT2D eigenvalue weighted by Crippen LogP contribution is 2.13. The first-order valence-electron chi connectivity index (χ1n) is 7.83. The summed E-state index contributed by atoms with van der Waals surface area (Å²) in [4.78, 5) is 11.3. The molecule has 2 rings (SSSR count). The zero-order valence-corrected chi connectivity index (χ0v) is 13.2. The van der Waals surface area contributed by atoms with Gasteiger partial charge in [0.05, 0.1) is 5.69 Å². The number of carboxylic acid groups (broad SMARTS) is 1. The van der Waals surface area contributed by atoms with Crippen molar-refractivity contribution in [2.45, 2.75) is 52.5 Å². The van der Waals surface area contributed by atoms with Gasteiger partial charge in [-0.1, -0.05) is 54.8 Å². The lowest BCUT2D eigenvalue weighted by Crippen LogP contribution is -2.10. The molecule has 0 saturated heterocycles.